The molecule has 2 fully saturated rings. The minimum Gasteiger partial charge on any atom is -0.313 e. The van der Waals surface area contributed by atoms with Crippen LogP contribution in [0.3, 0.4) is 0 Å². The Morgan fingerprint density at radius 3 is 2.95 bits per heavy atom. The van der Waals surface area contributed by atoms with Crippen LogP contribution < -0.4 is 5.32 Å². The van der Waals surface area contributed by atoms with Crippen molar-refractivity contribution in [2.45, 2.75) is 50.6 Å². The van der Waals surface area contributed by atoms with E-state index >= 15 is 0 Å². The SMILES string of the molecule is CNC(CCN1CCC2CCCCC21)c1cccc(F)c1. The average molecular weight is 290 g/mol. The van der Waals surface area contributed by atoms with Crippen LogP contribution in [0.5, 0.6) is 0 Å². The van der Waals surface area contributed by atoms with E-state index in [1.807, 2.05) is 19.2 Å². The van der Waals surface area contributed by atoms with Gasteiger partial charge in [0.25, 0.3) is 0 Å². The number of fused-ring (bicyclic) bond motifs is 1. The Kier molecular flexibility index (Phi) is 4.91. The van der Waals surface area contributed by atoms with E-state index < -0.39 is 0 Å². The Labute approximate surface area is 127 Å². The van der Waals surface area contributed by atoms with Gasteiger partial charge in [0.2, 0.25) is 0 Å². The van der Waals surface area contributed by atoms with Crippen LogP contribution >= 0.6 is 0 Å². The van der Waals surface area contributed by atoms with E-state index in [0.29, 0.717) is 0 Å². The van der Waals surface area contributed by atoms with E-state index in [-0.39, 0.29) is 11.9 Å². The lowest BCUT2D eigenvalue weighted by atomic mass is 9.85. The Morgan fingerprint density at radius 2 is 2.14 bits per heavy atom. The highest BCUT2D eigenvalue weighted by molar-refractivity contribution is 5.20. The summed E-state index contributed by atoms with van der Waals surface area (Å²) in [6.45, 7) is 2.39. The molecule has 3 atom stereocenters. The summed E-state index contributed by atoms with van der Waals surface area (Å²) >= 11 is 0. The van der Waals surface area contributed by atoms with Crippen molar-refractivity contribution >= 4 is 0 Å². The minimum atomic E-state index is -0.138. The van der Waals surface area contributed by atoms with Crippen molar-refractivity contribution in [3.8, 4) is 0 Å². The van der Waals surface area contributed by atoms with Crippen molar-refractivity contribution < 1.29 is 4.39 Å². The number of hydrogen-bond donors (Lipinski definition) is 1. The fraction of sp³-hybridized carbons (Fsp3) is 0.667. The third-order valence-electron chi connectivity index (χ3n) is 5.43. The Balaban J connectivity index is 1.58. The van der Waals surface area contributed by atoms with Crippen LogP contribution in [0.15, 0.2) is 24.3 Å². The summed E-state index contributed by atoms with van der Waals surface area (Å²) in [5.41, 5.74) is 1.07. The van der Waals surface area contributed by atoms with Crippen LogP contribution in [0.4, 0.5) is 4.39 Å². The molecule has 1 aromatic carbocycles. The molecule has 0 radical (unpaired) electrons. The Hall–Kier alpha value is -0.930. The summed E-state index contributed by atoms with van der Waals surface area (Å²) in [4.78, 5) is 2.69. The largest absolute Gasteiger partial charge is 0.313 e. The van der Waals surface area contributed by atoms with Gasteiger partial charge in [-0.15, -0.1) is 0 Å². The third-order valence-corrected chi connectivity index (χ3v) is 5.43. The maximum absolute atomic E-state index is 13.4. The molecule has 2 nitrogen and oxygen atoms in total. The molecule has 0 bridgehead atoms. The van der Waals surface area contributed by atoms with Crippen molar-refractivity contribution in [3.05, 3.63) is 35.6 Å². The smallest absolute Gasteiger partial charge is 0.123 e. The van der Waals surface area contributed by atoms with Gasteiger partial charge in [-0.2, -0.15) is 0 Å². The lowest BCUT2D eigenvalue weighted by Crippen LogP contribution is -2.36. The standard InChI is InChI=1S/C18H27FN2/c1-20-17(15-6-4-7-16(19)13-15)10-12-21-11-9-14-5-2-3-8-18(14)21/h4,6-7,13-14,17-18,20H,2-3,5,8-12H2,1H3. The molecule has 2 aliphatic rings. The highest BCUT2D eigenvalue weighted by atomic mass is 19.1. The summed E-state index contributed by atoms with van der Waals surface area (Å²) in [5, 5.41) is 3.35. The molecule has 1 saturated heterocycles. The second-order valence-electron chi connectivity index (χ2n) is 6.62. The molecule has 1 aliphatic carbocycles. The first kappa shape index (κ1) is 15.0. The molecule has 3 heteroatoms. The van der Waals surface area contributed by atoms with Gasteiger partial charge in [-0.1, -0.05) is 25.0 Å². The number of rotatable bonds is 5. The maximum Gasteiger partial charge on any atom is 0.123 e. The summed E-state index contributed by atoms with van der Waals surface area (Å²) in [5.74, 6) is 0.808. The molecule has 0 spiro atoms. The molecule has 0 aromatic heterocycles. The molecular formula is C18H27FN2. The van der Waals surface area contributed by atoms with Crippen molar-refractivity contribution in [2.24, 2.45) is 5.92 Å². The average Bonchev–Trinajstić information content (AvgIpc) is 2.91. The van der Waals surface area contributed by atoms with E-state index in [2.05, 4.69) is 10.2 Å². The molecule has 1 heterocycles. The number of hydrogen-bond acceptors (Lipinski definition) is 2. The lowest BCUT2D eigenvalue weighted by Gasteiger charge is -2.32. The van der Waals surface area contributed by atoms with Gasteiger partial charge in [-0.25, -0.2) is 4.39 Å². The maximum atomic E-state index is 13.4. The zero-order valence-corrected chi connectivity index (χ0v) is 13.0. The van der Waals surface area contributed by atoms with Gasteiger partial charge >= 0.3 is 0 Å². The van der Waals surface area contributed by atoms with Crippen LogP contribution in [-0.2, 0) is 0 Å². The van der Waals surface area contributed by atoms with Crippen LogP contribution in [0, 0.1) is 11.7 Å². The molecular weight excluding hydrogens is 263 g/mol. The summed E-state index contributed by atoms with van der Waals surface area (Å²) < 4.78 is 13.4. The van der Waals surface area contributed by atoms with Crippen molar-refractivity contribution in [3.63, 3.8) is 0 Å². The minimum absolute atomic E-state index is 0.138. The highest BCUT2D eigenvalue weighted by Gasteiger charge is 2.35. The van der Waals surface area contributed by atoms with Gasteiger partial charge < -0.3 is 10.2 Å². The predicted molar refractivity (Wildman–Crippen MR) is 84.8 cm³/mol. The zero-order valence-electron chi connectivity index (χ0n) is 13.0. The molecule has 21 heavy (non-hydrogen) atoms. The van der Waals surface area contributed by atoms with Crippen molar-refractivity contribution in [2.75, 3.05) is 20.1 Å². The van der Waals surface area contributed by atoms with Gasteiger partial charge in [-0.3, -0.25) is 0 Å². The quantitative estimate of drug-likeness (QED) is 0.888. The van der Waals surface area contributed by atoms with Crippen LogP contribution in [0.2, 0.25) is 0 Å². The highest BCUT2D eigenvalue weighted by Crippen LogP contribution is 2.36. The predicted octanol–water partition coefficient (Wildman–Crippen LogP) is 3.74. The topological polar surface area (TPSA) is 15.3 Å². The molecule has 3 rings (SSSR count). The van der Waals surface area contributed by atoms with Crippen molar-refractivity contribution in [1.29, 1.82) is 0 Å². The van der Waals surface area contributed by atoms with Gasteiger partial charge in [0, 0.05) is 18.6 Å². The number of likely N-dealkylation sites (tertiary alicyclic amines) is 1. The second kappa shape index (κ2) is 6.89. The van der Waals surface area contributed by atoms with Gasteiger partial charge in [0.05, 0.1) is 0 Å². The summed E-state index contributed by atoms with van der Waals surface area (Å²) in [6, 6.07) is 8.09. The molecule has 3 unspecified atom stereocenters. The second-order valence-corrected chi connectivity index (χ2v) is 6.62. The summed E-state index contributed by atoms with van der Waals surface area (Å²) in [7, 11) is 1.98. The molecule has 1 N–H and O–H groups in total. The first-order valence-electron chi connectivity index (χ1n) is 8.44. The first-order valence-corrected chi connectivity index (χ1v) is 8.44. The van der Waals surface area contributed by atoms with Crippen molar-refractivity contribution in [1.82, 2.24) is 10.2 Å². The zero-order chi connectivity index (χ0) is 14.7. The molecule has 1 saturated carbocycles. The number of nitrogens with one attached hydrogen (secondary N) is 1. The fourth-order valence-corrected chi connectivity index (χ4v) is 4.28. The number of nitrogens with zero attached hydrogens (tertiary/aromatic N) is 1. The van der Waals surface area contributed by atoms with Crippen LogP contribution in [0.1, 0.15) is 50.1 Å². The fourth-order valence-electron chi connectivity index (χ4n) is 4.28. The van der Waals surface area contributed by atoms with Crippen LogP contribution in [-0.4, -0.2) is 31.1 Å². The molecule has 1 aromatic rings. The van der Waals surface area contributed by atoms with Gasteiger partial charge in [-0.05, 0) is 62.9 Å². The van der Waals surface area contributed by atoms with E-state index in [9.17, 15) is 4.39 Å². The lowest BCUT2D eigenvalue weighted by molar-refractivity contribution is 0.176. The van der Waals surface area contributed by atoms with Gasteiger partial charge in [0.15, 0.2) is 0 Å². The van der Waals surface area contributed by atoms with Gasteiger partial charge in [0.1, 0.15) is 5.82 Å². The van der Waals surface area contributed by atoms with E-state index in [4.69, 9.17) is 0 Å². The van der Waals surface area contributed by atoms with E-state index in [1.54, 1.807) is 6.07 Å². The van der Waals surface area contributed by atoms with E-state index in [0.717, 1.165) is 30.5 Å². The molecule has 1 aliphatic heterocycles. The van der Waals surface area contributed by atoms with E-state index in [1.165, 1.54) is 44.7 Å². The first-order chi connectivity index (χ1) is 10.3. The number of benzene rings is 1. The molecule has 116 valence electrons. The Bertz CT molecular complexity index is 462. The Morgan fingerprint density at radius 1 is 1.29 bits per heavy atom. The third kappa shape index (κ3) is 3.46. The number of halogens is 1. The normalized spacial score (nSPS) is 27.5. The summed E-state index contributed by atoms with van der Waals surface area (Å²) in [6.07, 6.45) is 8.09. The monoisotopic (exact) mass is 290 g/mol. The van der Waals surface area contributed by atoms with Crippen LogP contribution in [0.25, 0.3) is 0 Å². The molecule has 0 amide bonds.